The van der Waals surface area contributed by atoms with Gasteiger partial charge in [-0.15, -0.1) is 0 Å². The van der Waals surface area contributed by atoms with Gasteiger partial charge in [0.15, 0.2) is 11.5 Å². The second-order valence-corrected chi connectivity index (χ2v) is 6.50. The summed E-state index contributed by atoms with van der Waals surface area (Å²) in [4.78, 5) is 18.9. The Bertz CT molecular complexity index is 879. The Kier molecular flexibility index (Phi) is 4.85. The maximum absolute atomic E-state index is 12.3. The van der Waals surface area contributed by atoms with Crippen LogP contribution in [-0.2, 0) is 11.3 Å². The number of rotatable bonds is 6. The van der Waals surface area contributed by atoms with Crippen LogP contribution in [0.1, 0.15) is 11.3 Å². The average Bonchev–Trinajstić information content (AvgIpc) is 3.15. The minimum Gasteiger partial charge on any atom is -0.353 e. The Labute approximate surface area is 147 Å². The predicted molar refractivity (Wildman–Crippen MR) is 97.9 cm³/mol. The van der Waals surface area contributed by atoms with E-state index in [-0.39, 0.29) is 12.5 Å². The molecule has 0 saturated heterocycles. The first-order valence-corrected chi connectivity index (χ1v) is 8.35. The van der Waals surface area contributed by atoms with E-state index in [0.29, 0.717) is 6.54 Å². The number of hydrogen-bond donors (Lipinski definition) is 1. The summed E-state index contributed by atoms with van der Waals surface area (Å²) in [6.45, 7) is 5.57. The van der Waals surface area contributed by atoms with Crippen LogP contribution < -0.4 is 5.32 Å². The molecular weight excluding hydrogens is 316 g/mol. The number of hydrogen-bond acceptors (Lipinski definition) is 4. The first-order valence-electron chi connectivity index (χ1n) is 8.35. The molecule has 3 aromatic rings. The van der Waals surface area contributed by atoms with Crippen molar-refractivity contribution in [3.8, 4) is 5.82 Å². The Balaban J connectivity index is 1.94. The molecule has 0 unspecified atom stereocenters. The van der Waals surface area contributed by atoms with Crippen molar-refractivity contribution in [2.75, 3.05) is 27.2 Å². The second kappa shape index (κ2) is 7.06. The molecule has 0 aromatic carbocycles. The van der Waals surface area contributed by atoms with Crippen LogP contribution in [0.4, 0.5) is 0 Å². The number of amides is 1. The van der Waals surface area contributed by atoms with Crippen molar-refractivity contribution in [1.29, 1.82) is 0 Å². The summed E-state index contributed by atoms with van der Waals surface area (Å²) < 4.78 is 3.64. The van der Waals surface area contributed by atoms with E-state index < -0.39 is 0 Å². The molecule has 132 valence electrons. The van der Waals surface area contributed by atoms with Crippen molar-refractivity contribution < 1.29 is 4.79 Å². The Morgan fingerprint density at radius 2 is 1.96 bits per heavy atom. The lowest BCUT2D eigenvalue weighted by molar-refractivity contribution is -0.121. The van der Waals surface area contributed by atoms with Gasteiger partial charge in [0.25, 0.3) is 0 Å². The van der Waals surface area contributed by atoms with E-state index in [4.69, 9.17) is 0 Å². The summed E-state index contributed by atoms with van der Waals surface area (Å²) in [6.07, 6.45) is 3.89. The molecule has 0 aliphatic carbocycles. The van der Waals surface area contributed by atoms with Crippen LogP contribution in [0.3, 0.4) is 0 Å². The molecule has 0 atom stereocenters. The smallest absolute Gasteiger partial charge is 0.241 e. The van der Waals surface area contributed by atoms with Crippen LogP contribution in [0.2, 0.25) is 0 Å². The summed E-state index contributed by atoms with van der Waals surface area (Å²) >= 11 is 0. The molecular formula is C18H24N6O. The van der Waals surface area contributed by atoms with Gasteiger partial charge in [-0.2, -0.15) is 5.10 Å². The fraction of sp³-hybridized carbons (Fsp3) is 0.389. The largest absolute Gasteiger partial charge is 0.353 e. The molecule has 0 aliphatic rings. The lowest BCUT2D eigenvalue weighted by Gasteiger charge is -2.10. The molecule has 0 fully saturated rings. The number of nitrogens with one attached hydrogen (secondary N) is 1. The molecule has 1 N–H and O–H groups in total. The van der Waals surface area contributed by atoms with E-state index in [0.717, 1.165) is 34.7 Å². The van der Waals surface area contributed by atoms with Gasteiger partial charge in [-0.3, -0.25) is 4.79 Å². The number of fused-ring (bicyclic) bond motifs is 1. The van der Waals surface area contributed by atoms with E-state index in [1.807, 2.05) is 68.0 Å². The number of aromatic nitrogens is 4. The summed E-state index contributed by atoms with van der Waals surface area (Å²) in [7, 11) is 3.96. The molecule has 0 saturated carbocycles. The van der Waals surface area contributed by atoms with Gasteiger partial charge in [-0.25, -0.2) is 9.67 Å². The average molecular weight is 340 g/mol. The van der Waals surface area contributed by atoms with Gasteiger partial charge in [-0.1, -0.05) is 0 Å². The van der Waals surface area contributed by atoms with Gasteiger partial charge in [0.05, 0.1) is 5.39 Å². The summed E-state index contributed by atoms with van der Waals surface area (Å²) in [5, 5.41) is 8.56. The first kappa shape index (κ1) is 17.2. The van der Waals surface area contributed by atoms with Crippen LogP contribution in [0.15, 0.2) is 30.6 Å². The molecule has 3 rings (SSSR count). The quantitative estimate of drug-likeness (QED) is 0.739. The first-order chi connectivity index (χ1) is 12.0. The van der Waals surface area contributed by atoms with Crippen LogP contribution in [0.5, 0.6) is 0 Å². The molecule has 3 aromatic heterocycles. The molecule has 0 bridgehead atoms. The van der Waals surface area contributed by atoms with Gasteiger partial charge < -0.3 is 14.8 Å². The highest BCUT2D eigenvalue weighted by Gasteiger charge is 2.17. The second-order valence-electron chi connectivity index (χ2n) is 6.50. The number of likely N-dealkylation sites (N-methyl/N-ethyl adjacent to an activating group) is 1. The van der Waals surface area contributed by atoms with Crippen molar-refractivity contribution in [2.45, 2.75) is 20.4 Å². The highest BCUT2D eigenvalue weighted by Crippen LogP contribution is 2.25. The number of carbonyl (C=O) groups is 1. The topological polar surface area (TPSA) is 68.0 Å². The monoisotopic (exact) mass is 340 g/mol. The summed E-state index contributed by atoms with van der Waals surface area (Å²) in [5.41, 5.74) is 2.76. The fourth-order valence-corrected chi connectivity index (χ4v) is 2.87. The van der Waals surface area contributed by atoms with Gasteiger partial charge in [0.1, 0.15) is 6.54 Å². The van der Waals surface area contributed by atoms with Crippen molar-refractivity contribution in [3.63, 3.8) is 0 Å². The highest BCUT2D eigenvalue weighted by molar-refractivity contribution is 5.88. The molecule has 25 heavy (non-hydrogen) atoms. The van der Waals surface area contributed by atoms with Crippen LogP contribution in [0, 0.1) is 13.8 Å². The van der Waals surface area contributed by atoms with Crippen molar-refractivity contribution in [2.24, 2.45) is 0 Å². The number of aryl methyl sites for hydroxylation is 2. The van der Waals surface area contributed by atoms with Gasteiger partial charge >= 0.3 is 0 Å². The molecule has 0 spiro atoms. The summed E-state index contributed by atoms with van der Waals surface area (Å²) in [5.74, 6) is 0.734. The Hall–Kier alpha value is -2.67. The number of nitrogens with zero attached hydrogens (tertiary/aromatic N) is 5. The van der Waals surface area contributed by atoms with Crippen molar-refractivity contribution in [3.05, 3.63) is 41.9 Å². The highest BCUT2D eigenvalue weighted by atomic mass is 16.2. The molecule has 1 amide bonds. The van der Waals surface area contributed by atoms with E-state index in [2.05, 4.69) is 15.4 Å². The van der Waals surface area contributed by atoms with Gasteiger partial charge in [0, 0.05) is 31.2 Å². The third kappa shape index (κ3) is 3.71. The van der Waals surface area contributed by atoms with E-state index in [9.17, 15) is 4.79 Å². The molecule has 7 heteroatoms. The SMILES string of the molecule is Cc1cc(C)c2c(-n3cccc3)nn(CC(=O)NCCN(C)C)c2n1. The molecule has 7 nitrogen and oxygen atoms in total. The lowest BCUT2D eigenvalue weighted by Crippen LogP contribution is -2.33. The van der Waals surface area contributed by atoms with E-state index in [1.165, 1.54) is 0 Å². The van der Waals surface area contributed by atoms with Crippen molar-refractivity contribution in [1.82, 2.24) is 29.5 Å². The zero-order valence-corrected chi connectivity index (χ0v) is 15.2. The zero-order valence-electron chi connectivity index (χ0n) is 15.2. The van der Waals surface area contributed by atoms with Crippen LogP contribution in [0.25, 0.3) is 16.9 Å². The standard InChI is InChI=1S/C18H24N6O/c1-13-11-14(2)20-17-16(13)18(23-8-5-6-9-23)21-24(17)12-15(25)19-7-10-22(3)4/h5-6,8-9,11H,7,10,12H2,1-4H3,(H,19,25). The minimum atomic E-state index is -0.0636. The number of pyridine rings is 1. The van der Waals surface area contributed by atoms with E-state index >= 15 is 0 Å². The van der Waals surface area contributed by atoms with Gasteiger partial charge in [0.2, 0.25) is 5.91 Å². The lowest BCUT2D eigenvalue weighted by atomic mass is 10.2. The van der Waals surface area contributed by atoms with E-state index in [1.54, 1.807) is 4.68 Å². The summed E-state index contributed by atoms with van der Waals surface area (Å²) in [6, 6.07) is 5.95. The Morgan fingerprint density at radius 1 is 1.24 bits per heavy atom. The minimum absolute atomic E-state index is 0.0636. The van der Waals surface area contributed by atoms with Crippen molar-refractivity contribution >= 4 is 16.9 Å². The Morgan fingerprint density at radius 3 is 2.64 bits per heavy atom. The third-order valence-corrected chi connectivity index (χ3v) is 4.03. The normalized spacial score (nSPS) is 11.4. The maximum Gasteiger partial charge on any atom is 0.241 e. The van der Waals surface area contributed by atoms with Crippen LogP contribution >= 0.6 is 0 Å². The molecule has 3 heterocycles. The fourth-order valence-electron chi connectivity index (χ4n) is 2.87. The molecule has 0 radical (unpaired) electrons. The molecule has 0 aliphatic heterocycles. The van der Waals surface area contributed by atoms with Gasteiger partial charge in [-0.05, 0) is 51.7 Å². The zero-order chi connectivity index (χ0) is 18.0. The third-order valence-electron chi connectivity index (χ3n) is 4.03. The maximum atomic E-state index is 12.3. The number of carbonyl (C=O) groups excluding carboxylic acids is 1. The predicted octanol–water partition coefficient (Wildman–Crippen LogP) is 1.52. The van der Waals surface area contributed by atoms with Crippen LogP contribution in [-0.4, -0.2) is 57.3 Å².